The Bertz CT molecular complexity index is 673. The van der Waals surface area contributed by atoms with Gasteiger partial charge >= 0.3 is 12.1 Å². The standard InChI is InChI=1S/C21H30N2O5/c1-21(2,3)28-20(26)23-17-11-9-16(10-12-17)19(25)27-14-18(24)22-13-15-7-5-4-6-8-15/h9-12,15H,4-8,13-14H2,1-3H3,(H,22,24)(H,23,26). The third-order valence-electron chi connectivity index (χ3n) is 4.41. The zero-order valence-electron chi connectivity index (χ0n) is 16.9. The molecule has 154 valence electrons. The van der Waals surface area contributed by atoms with Crippen LogP contribution in [-0.4, -0.2) is 36.7 Å². The smallest absolute Gasteiger partial charge is 0.412 e. The lowest BCUT2D eigenvalue weighted by Crippen LogP contribution is -2.33. The number of hydrogen-bond donors (Lipinski definition) is 2. The molecule has 0 aliphatic heterocycles. The van der Waals surface area contributed by atoms with Crippen molar-refractivity contribution < 1.29 is 23.9 Å². The summed E-state index contributed by atoms with van der Waals surface area (Å²) in [6.45, 7) is 5.66. The predicted molar refractivity (Wildman–Crippen MR) is 106 cm³/mol. The maximum absolute atomic E-state index is 12.1. The van der Waals surface area contributed by atoms with Crippen LogP contribution in [0, 0.1) is 5.92 Å². The van der Waals surface area contributed by atoms with Gasteiger partial charge in [0, 0.05) is 12.2 Å². The maximum atomic E-state index is 12.1. The molecule has 1 aliphatic rings. The number of anilines is 1. The van der Waals surface area contributed by atoms with Crippen LogP contribution in [0.1, 0.15) is 63.2 Å². The van der Waals surface area contributed by atoms with Crippen molar-refractivity contribution in [2.24, 2.45) is 5.92 Å². The predicted octanol–water partition coefficient (Wildman–Crippen LogP) is 3.89. The van der Waals surface area contributed by atoms with Crippen molar-refractivity contribution in [2.75, 3.05) is 18.5 Å². The van der Waals surface area contributed by atoms with E-state index < -0.39 is 17.7 Å². The molecule has 28 heavy (non-hydrogen) atoms. The van der Waals surface area contributed by atoms with Crippen molar-refractivity contribution in [3.8, 4) is 0 Å². The fourth-order valence-corrected chi connectivity index (χ4v) is 3.03. The molecule has 1 aromatic rings. The summed E-state index contributed by atoms with van der Waals surface area (Å²) in [5, 5.41) is 5.42. The number of carbonyl (C=O) groups is 3. The molecule has 0 radical (unpaired) electrons. The van der Waals surface area contributed by atoms with Crippen LogP contribution in [0.2, 0.25) is 0 Å². The number of nitrogens with one attached hydrogen (secondary N) is 2. The molecule has 1 aromatic carbocycles. The first-order chi connectivity index (χ1) is 13.2. The number of amides is 2. The summed E-state index contributed by atoms with van der Waals surface area (Å²) in [7, 11) is 0. The summed E-state index contributed by atoms with van der Waals surface area (Å²) < 4.78 is 10.2. The number of hydrogen-bond acceptors (Lipinski definition) is 5. The van der Waals surface area contributed by atoms with Crippen molar-refractivity contribution in [1.29, 1.82) is 0 Å². The van der Waals surface area contributed by atoms with Crippen molar-refractivity contribution >= 4 is 23.7 Å². The molecule has 0 bridgehead atoms. The zero-order valence-corrected chi connectivity index (χ0v) is 16.9. The molecule has 0 spiro atoms. The van der Waals surface area contributed by atoms with E-state index in [4.69, 9.17) is 9.47 Å². The second-order valence-electron chi connectivity index (χ2n) is 8.09. The third kappa shape index (κ3) is 7.98. The lowest BCUT2D eigenvalue weighted by atomic mass is 9.89. The van der Waals surface area contributed by atoms with E-state index in [0.29, 0.717) is 23.7 Å². The Morgan fingerprint density at radius 3 is 2.29 bits per heavy atom. The second kappa shape index (κ2) is 10.1. The van der Waals surface area contributed by atoms with Crippen LogP contribution in [0.15, 0.2) is 24.3 Å². The highest BCUT2D eigenvalue weighted by atomic mass is 16.6. The van der Waals surface area contributed by atoms with Crippen LogP contribution in [0.3, 0.4) is 0 Å². The van der Waals surface area contributed by atoms with Crippen molar-refractivity contribution in [3.05, 3.63) is 29.8 Å². The van der Waals surface area contributed by atoms with Gasteiger partial charge in [0.2, 0.25) is 0 Å². The zero-order chi connectivity index (χ0) is 20.6. The number of esters is 1. The van der Waals surface area contributed by atoms with Crippen LogP contribution in [0.5, 0.6) is 0 Å². The first-order valence-corrected chi connectivity index (χ1v) is 9.77. The molecule has 2 rings (SSSR count). The normalized spacial score (nSPS) is 14.8. The highest BCUT2D eigenvalue weighted by Gasteiger charge is 2.17. The largest absolute Gasteiger partial charge is 0.452 e. The number of benzene rings is 1. The van der Waals surface area contributed by atoms with Gasteiger partial charge in [-0.25, -0.2) is 9.59 Å². The van der Waals surface area contributed by atoms with Gasteiger partial charge in [-0.15, -0.1) is 0 Å². The second-order valence-corrected chi connectivity index (χ2v) is 8.09. The SMILES string of the molecule is CC(C)(C)OC(=O)Nc1ccc(C(=O)OCC(=O)NCC2CCCCC2)cc1. The first kappa shape index (κ1) is 21.7. The molecule has 7 heteroatoms. The molecule has 0 aromatic heterocycles. The van der Waals surface area contributed by atoms with Crippen LogP contribution >= 0.6 is 0 Å². The Morgan fingerprint density at radius 1 is 1.04 bits per heavy atom. The van der Waals surface area contributed by atoms with Gasteiger partial charge in [-0.3, -0.25) is 10.1 Å². The Kier molecular flexibility index (Phi) is 7.84. The van der Waals surface area contributed by atoms with Gasteiger partial charge in [0.1, 0.15) is 5.60 Å². The Hall–Kier alpha value is -2.57. The minimum absolute atomic E-state index is 0.290. The van der Waals surface area contributed by atoms with Gasteiger partial charge < -0.3 is 14.8 Å². The number of ether oxygens (including phenoxy) is 2. The topological polar surface area (TPSA) is 93.7 Å². The summed E-state index contributed by atoms with van der Waals surface area (Å²) in [6, 6.07) is 6.19. The van der Waals surface area contributed by atoms with Gasteiger partial charge in [0.25, 0.3) is 5.91 Å². The minimum atomic E-state index is -0.592. The summed E-state index contributed by atoms with van der Waals surface area (Å²) in [6.07, 6.45) is 5.42. The molecule has 2 N–H and O–H groups in total. The molecule has 1 saturated carbocycles. The molecule has 0 saturated heterocycles. The first-order valence-electron chi connectivity index (χ1n) is 9.77. The highest BCUT2D eigenvalue weighted by molar-refractivity contribution is 5.92. The monoisotopic (exact) mass is 390 g/mol. The number of carbonyl (C=O) groups excluding carboxylic acids is 3. The fraction of sp³-hybridized carbons (Fsp3) is 0.571. The van der Waals surface area contributed by atoms with Gasteiger partial charge in [-0.2, -0.15) is 0 Å². The summed E-state index contributed by atoms with van der Waals surface area (Å²) >= 11 is 0. The van der Waals surface area contributed by atoms with E-state index in [0.717, 1.165) is 12.8 Å². The molecule has 2 amide bonds. The molecular weight excluding hydrogens is 360 g/mol. The lowest BCUT2D eigenvalue weighted by Gasteiger charge is -2.21. The average molecular weight is 390 g/mol. The molecule has 1 aliphatic carbocycles. The third-order valence-corrected chi connectivity index (χ3v) is 4.41. The van der Waals surface area contributed by atoms with Crippen molar-refractivity contribution in [3.63, 3.8) is 0 Å². The number of rotatable bonds is 6. The summed E-state index contributed by atoms with van der Waals surface area (Å²) in [5.74, 6) is -0.350. The lowest BCUT2D eigenvalue weighted by molar-refractivity contribution is -0.124. The molecule has 1 fully saturated rings. The van der Waals surface area contributed by atoms with Gasteiger partial charge in [-0.1, -0.05) is 19.3 Å². The van der Waals surface area contributed by atoms with Crippen LogP contribution < -0.4 is 10.6 Å². The van der Waals surface area contributed by atoms with Crippen molar-refractivity contribution in [1.82, 2.24) is 5.32 Å². The van der Waals surface area contributed by atoms with Gasteiger partial charge in [0.05, 0.1) is 5.56 Å². The van der Waals surface area contributed by atoms with E-state index in [9.17, 15) is 14.4 Å². The molecule has 0 heterocycles. The minimum Gasteiger partial charge on any atom is -0.452 e. The van der Waals surface area contributed by atoms with E-state index in [1.54, 1.807) is 32.9 Å². The van der Waals surface area contributed by atoms with E-state index in [-0.39, 0.29) is 12.5 Å². The quantitative estimate of drug-likeness (QED) is 0.719. The van der Waals surface area contributed by atoms with Crippen molar-refractivity contribution in [2.45, 2.75) is 58.5 Å². The van der Waals surface area contributed by atoms with Gasteiger partial charge in [-0.05, 0) is 63.8 Å². The Balaban J connectivity index is 1.73. The maximum Gasteiger partial charge on any atom is 0.412 e. The van der Waals surface area contributed by atoms with E-state index in [1.165, 1.54) is 31.4 Å². The van der Waals surface area contributed by atoms with E-state index >= 15 is 0 Å². The molecular formula is C21H30N2O5. The summed E-state index contributed by atoms with van der Waals surface area (Å²) in [5.41, 5.74) is 0.205. The summed E-state index contributed by atoms with van der Waals surface area (Å²) in [4.78, 5) is 35.7. The Labute approximate surface area is 166 Å². The van der Waals surface area contributed by atoms with Gasteiger partial charge in [0.15, 0.2) is 6.61 Å². The van der Waals surface area contributed by atoms with E-state index in [1.807, 2.05) is 0 Å². The average Bonchev–Trinajstić information content (AvgIpc) is 2.64. The van der Waals surface area contributed by atoms with Crippen LogP contribution in [-0.2, 0) is 14.3 Å². The molecule has 7 nitrogen and oxygen atoms in total. The van der Waals surface area contributed by atoms with E-state index in [2.05, 4.69) is 10.6 Å². The fourth-order valence-electron chi connectivity index (χ4n) is 3.03. The molecule has 0 atom stereocenters. The molecule has 0 unspecified atom stereocenters. The highest BCUT2D eigenvalue weighted by Crippen LogP contribution is 2.22. The van der Waals surface area contributed by atoms with Crippen LogP contribution in [0.4, 0.5) is 10.5 Å². The van der Waals surface area contributed by atoms with Crippen LogP contribution in [0.25, 0.3) is 0 Å². The Morgan fingerprint density at radius 2 is 1.68 bits per heavy atom.